The van der Waals surface area contributed by atoms with Crippen molar-refractivity contribution < 1.29 is 0 Å². The van der Waals surface area contributed by atoms with Crippen molar-refractivity contribution in [2.75, 3.05) is 6.54 Å². The molecule has 62 valence electrons. The van der Waals surface area contributed by atoms with Crippen LogP contribution < -0.4 is 5.73 Å². The van der Waals surface area contributed by atoms with Gasteiger partial charge in [-0.15, -0.1) is 0 Å². The molecule has 1 aromatic heterocycles. The monoisotopic (exact) mass is 153 g/mol. The standard InChI is InChI=1S/C8H15N3/c1-6(5-9)8-4-7(2)10-11(8)3/h4,6H,5,9H2,1-3H3. The third kappa shape index (κ3) is 1.60. The third-order valence-electron chi connectivity index (χ3n) is 1.90. The molecule has 3 heteroatoms. The Kier molecular flexibility index (Phi) is 2.29. The van der Waals surface area contributed by atoms with Gasteiger partial charge in [0.1, 0.15) is 0 Å². The van der Waals surface area contributed by atoms with E-state index in [0.717, 1.165) is 5.69 Å². The lowest BCUT2D eigenvalue weighted by atomic mass is 10.1. The van der Waals surface area contributed by atoms with Gasteiger partial charge < -0.3 is 5.73 Å². The van der Waals surface area contributed by atoms with E-state index in [1.807, 2.05) is 18.7 Å². The van der Waals surface area contributed by atoms with Gasteiger partial charge in [0, 0.05) is 25.2 Å². The van der Waals surface area contributed by atoms with Gasteiger partial charge in [0.05, 0.1) is 5.69 Å². The number of hydrogen-bond donors (Lipinski definition) is 1. The minimum atomic E-state index is 0.404. The van der Waals surface area contributed by atoms with Crippen LogP contribution in [0.3, 0.4) is 0 Å². The number of aryl methyl sites for hydroxylation is 2. The summed E-state index contributed by atoms with van der Waals surface area (Å²) < 4.78 is 1.90. The summed E-state index contributed by atoms with van der Waals surface area (Å²) in [6.07, 6.45) is 0. The Labute approximate surface area is 67.2 Å². The second kappa shape index (κ2) is 3.05. The van der Waals surface area contributed by atoms with Gasteiger partial charge >= 0.3 is 0 Å². The maximum absolute atomic E-state index is 5.54. The molecule has 0 spiro atoms. The fraction of sp³-hybridized carbons (Fsp3) is 0.625. The number of aromatic nitrogens is 2. The Balaban J connectivity index is 2.93. The van der Waals surface area contributed by atoms with E-state index in [-0.39, 0.29) is 0 Å². The highest BCUT2D eigenvalue weighted by Crippen LogP contribution is 2.13. The minimum absolute atomic E-state index is 0.404. The van der Waals surface area contributed by atoms with Gasteiger partial charge in [0.2, 0.25) is 0 Å². The van der Waals surface area contributed by atoms with Crippen molar-refractivity contribution in [2.24, 2.45) is 12.8 Å². The highest BCUT2D eigenvalue weighted by atomic mass is 15.3. The molecule has 1 rings (SSSR count). The van der Waals surface area contributed by atoms with Crippen molar-refractivity contribution in [3.8, 4) is 0 Å². The van der Waals surface area contributed by atoms with Crippen molar-refractivity contribution in [1.82, 2.24) is 9.78 Å². The molecule has 0 aromatic carbocycles. The van der Waals surface area contributed by atoms with E-state index in [4.69, 9.17) is 5.73 Å². The van der Waals surface area contributed by atoms with E-state index in [0.29, 0.717) is 12.5 Å². The number of nitrogens with zero attached hydrogens (tertiary/aromatic N) is 2. The molecule has 0 aliphatic heterocycles. The molecule has 3 nitrogen and oxygen atoms in total. The van der Waals surface area contributed by atoms with Crippen LogP contribution in [0.1, 0.15) is 24.2 Å². The summed E-state index contributed by atoms with van der Waals surface area (Å²) >= 11 is 0. The van der Waals surface area contributed by atoms with Crippen LogP contribution in [0.5, 0.6) is 0 Å². The molecule has 11 heavy (non-hydrogen) atoms. The predicted molar refractivity (Wildman–Crippen MR) is 45.4 cm³/mol. The van der Waals surface area contributed by atoms with Gasteiger partial charge in [-0.2, -0.15) is 5.10 Å². The van der Waals surface area contributed by atoms with Crippen LogP contribution in [0, 0.1) is 6.92 Å². The molecule has 0 aliphatic rings. The summed E-state index contributed by atoms with van der Waals surface area (Å²) in [4.78, 5) is 0. The van der Waals surface area contributed by atoms with Crippen LogP contribution in [0.25, 0.3) is 0 Å². The van der Waals surface area contributed by atoms with E-state index in [1.54, 1.807) is 0 Å². The summed E-state index contributed by atoms with van der Waals surface area (Å²) in [5.74, 6) is 0.404. The topological polar surface area (TPSA) is 43.8 Å². The van der Waals surface area contributed by atoms with Crippen LogP contribution in [0.4, 0.5) is 0 Å². The molecule has 0 fully saturated rings. The minimum Gasteiger partial charge on any atom is -0.330 e. The molecule has 0 aliphatic carbocycles. The quantitative estimate of drug-likeness (QED) is 0.682. The smallest absolute Gasteiger partial charge is 0.0596 e. The zero-order chi connectivity index (χ0) is 8.43. The average molecular weight is 153 g/mol. The van der Waals surface area contributed by atoms with Crippen molar-refractivity contribution >= 4 is 0 Å². The lowest BCUT2D eigenvalue weighted by Crippen LogP contribution is -2.12. The van der Waals surface area contributed by atoms with Crippen molar-refractivity contribution in [3.63, 3.8) is 0 Å². The Bertz CT molecular complexity index is 239. The Morgan fingerprint density at radius 1 is 1.73 bits per heavy atom. The second-order valence-electron chi connectivity index (χ2n) is 2.97. The first kappa shape index (κ1) is 8.27. The fourth-order valence-corrected chi connectivity index (χ4v) is 1.21. The van der Waals surface area contributed by atoms with Crippen LogP contribution >= 0.6 is 0 Å². The van der Waals surface area contributed by atoms with E-state index < -0.39 is 0 Å². The number of nitrogens with two attached hydrogens (primary N) is 1. The molecule has 1 unspecified atom stereocenters. The third-order valence-corrected chi connectivity index (χ3v) is 1.90. The summed E-state index contributed by atoms with van der Waals surface area (Å²) in [7, 11) is 1.95. The normalized spacial score (nSPS) is 13.5. The van der Waals surface area contributed by atoms with Gasteiger partial charge in [0.25, 0.3) is 0 Å². The Hall–Kier alpha value is -0.830. The van der Waals surface area contributed by atoms with E-state index in [2.05, 4.69) is 18.1 Å². The maximum atomic E-state index is 5.54. The van der Waals surface area contributed by atoms with Gasteiger partial charge in [0.15, 0.2) is 0 Å². The number of rotatable bonds is 2. The highest BCUT2D eigenvalue weighted by Gasteiger charge is 2.08. The molecule has 2 N–H and O–H groups in total. The van der Waals surface area contributed by atoms with Gasteiger partial charge in [-0.3, -0.25) is 4.68 Å². The predicted octanol–water partition coefficient (Wildman–Crippen LogP) is 0.791. The van der Waals surface area contributed by atoms with Crippen LogP contribution in [0.2, 0.25) is 0 Å². The molecule has 0 saturated carbocycles. The van der Waals surface area contributed by atoms with Crippen molar-refractivity contribution in [1.29, 1.82) is 0 Å². The summed E-state index contributed by atoms with van der Waals surface area (Å²) in [5.41, 5.74) is 7.81. The second-order valence-corrected chi connectivity index (χ2v) is 2.97. The molecular formula is C8H15N3. The first-order chi connectivity index (χ1) is 5.15. The highest BCUT2D eigenvalue weighted by molar-refractivity contribution is 5.12. The maximum Gasteiger partial charge on any atom is 0.0596 e. The molecule has 1 aromatic rings. The van der Waals surface area contributed by atoms with Crippen molar-refractivity contribution in [3.05, 3.63) is 17.5 Å². The van der Waals surface area contributed by atoms with Crippen LogP contribution in [-0.2, 0) is 7.05 Å². The molecule has 1 heterocycles. The molecule has 0 saturated heterocycles. The largest absolute Gasteiger partial charge is 0.330 e. The first-order valence-corrected chi connectivity index (χ1v) is 3.85. The first-order valence-electron chi connectivity index (χ1n) is 3.85. The summed E-state index contributed by atoms with van der Waals surface area (Å²) in [6, 6.07) is 2.08. The molecule has 1 atom stereocenters. The lowest BCUT2D eigenvalue weighted by molar-refractivity contribution is 0.641. The summed E-state index contributed by atoms with van der Waals surface area (Å²) in [5, 5.41) is 4.24. The van der Waals surface area contributed by atoms with E-state index in [1.165, 1.54) is 5.69 Å². The zero-order valence-electron chi connectivity index (χ0n) is 7.33. The number of hydrogen-bond acceptors (Lipinski definition) is 2. The molecule has 0 radical (unpaired) electrons. The zero-order valence-corrected chi connectivity index (χ0v) is 7.33. The lowest BCUT2D eigenvalue weighted by Gasteiger charge is -2.07. The van der Waals surface area contributed by atoms with Gasteiger partial charge in [-0.05, 0) is 13.0 Å². The Morgan fingerprint density at radius 2 is 2.36 bits per heavy atom. The van der Waals surface area contributed by atoms with Gasteiger partial charge in [-0.1, -0.05) is 6.92 Å². The fourth-order valence-electron chi connectivity index (χ4n) is 1.21. The SMILES string of the molecule is Cc1cc(C(C)CN)n(C)n1. The summed E-state index contributed by atoms with van der Waals surface area (Å²) in [6.45, 7) is 4.78. The Morgan fingerprint density at radius 3 is 2.73 bits per heavy atom. The average Bonchev–Trinajstić information content (AvgIpc) is 2.28. The van der Waals surface area contributed by atoms with Gasteiger partial charge in [-0.25, -0.2) is 0 Å². The van der Waals surface area contributed by atoms with Crippen LogP contribution in [-0.4, -0.2) is 16.3 Å². The van der Waals surface area contributed by atoms with E-state index >= 15 is 0 Å². The molecule has 0 amide bonds. The molecular weight excluding hydrogens is 138 g/mol. The molecule has 0 bridgehead atoms. The van der Waals surface area contributed by atoms with Crippen LogP contribution in [0.15, 0.2) is 6.07 Å². The van der Waals surface area contributed by atoms with Crippen molar-refractivity contribution in [2.45, 2.75) is 19.8 Å². The van der Waals surface area contributed by atoms with E-state index in [9.17, 15) is 0 Å².